The van der Waals surface area contributed by atoms with Crippen molar-refractivity contribution in [3.63, 3.8) is 0 Å². The molecule has 130 valence electrons. The van der Waals surface area contributed by atoms with Gasteiger partial charge in [-0.15, -0.1) is 0 Å². The highest BCUT2D eigenvalue weighted by molar-refractivity contribution is 5.47. The van der Waals surface area contributed by atoms with Gasteiger partial charge in [0.1, 0.15) is 0 Å². The lowest BCUT2D eigenvalue weighted by Crippen LogP contribution is -2.22. The summed E-state index contributed by atoms with van der Waals surface area (Å²) in [5, 5.41) is 0. The van der Waals surface area contributed by atoms with Gasteiger partial charge in [-0.25, -0.2) is 0 Å². The van der Waals surface area contributed by atoms with Crippen LogP contribution in [-0.4, -0.2) is 19.5 Å². The summed E-state index contributed by atoms with van der Waals surface area (Å²) in [7, 11) is 0. The van der Waals surface area contributed by atoms with Crippen LogP contribution in [0.1, 0.15) is 47.4 Å². The fourth-order valence-corrected chi connectivity index (χ4v) is 3.97. The summed E-state index contributed by atoms with van der Waals surface area (Å²) in [6.07, 6.45) is 10.1. The van der Waals surface area contributed by atoms with Gasteiger partial charge in [-0.1, -0.05) is 60.7 Å². The molecule has 0 N–H and O–H groups in total. The molecule has 25 heavy (non-hydrogen) atoms. The van der Waals surface area contributed by atoms with Crippen LogP contribution < -0.4 is 0 Å². The number of rotatable bonds is 4. The van der Waals surface area contributed by atoms with Gasteiger partial charge in [-0.05, 0) is 54.4 Å². The van der Waals surface area contributed by atoms with Crippen molar-refractivity contribution in [2.24, 2.45) is 0 Å². The molecule has 1 atom stereocenters. The third kappa shape index (κ3) is 3.86. The summed E-state index contributed by atoms with van der Waals surface area (Å²) < 4.78 is 11.5. The van der Waals surface area contributed by atoms with E-state index in [0.29, 0.717) is 12.5 Å². The molecule has 0 amide bonds. The molecule has 2 aromatic carbocycles. The highest BCUT2D eigenvalue weighted by Crippen LogP contribution is 2.35. The zero-order valence-electron chi connectivity index (χ0n) is 14.7. The topological polar surface area (TPSA) is 18.5 Å². The number of hydrogen-bond donors (Lipinski definition) is 0. The lowest BCUT2D eigenvalue weighted by atomic mass is 9.88. The van der Waals surface area contributed by atoms with Crippen molar-refractivity contribution in [2.45, 2.75) is 44.3 Å². The Balaban J connectivity index is 1.54. The summed E-state index contributed by atoms with van der Waals surface area (Å²) in [6.45, 7) is 1.45. The molecule has 2 nitrogen and oxygen atoms in total. The molecule has 1 fully saturated rings. The lowest BCUT2D eigenvalue weighted by Gasteiger charge is -2.22. The first-order valence-electron chi connectivity index (χ1n) is 9.47. The second kappa shape index (κ2) is 7.99. The van der Waals surface area contributed by atoms with Gasteiger partial charge in [0, 0.05) is 12.5 Å². The summed E-state index contributed by atoms with van der Waals surface area (Å²) in [4.78, 5) is 0. The van der Waals surface area contributed by atoms with Crippen molar-refractivity contribution < 1.29 is 9.47 Å². The van der Waals surface area contributed by atoms with Crippen LogP contribution in [0, 0.1) is 0 Å². The Morgan fingerprint density at radius 1 is 0.920 bits per heavy atom. The van der Waals surface area contributed by atoms with Crippen molar-refractivity contribution in [2.75, 3.05) is 13.2 Å². The number of ether oxygens (including phenoxy) is 2. The van der Waals surface area contributed by atoms with Crippen LogP contribution in [0.3, 0.4) is 0 Å². The molecular weight excluding hydrogens is 308 g/mol. The minimum Gasteiger partial charge on any atom is -0.353 e. The molecule has 0 radical (unpaired) electrons. The molecule has 1 heterocycles. The SMILES string of the molecule is C(=C\C1c2ccccc2CCc2ccccc21)/COC1CCCCO1. The first-order chi connectivity index (χ1) is 12.4. The molecule has 2 aromatic rings. The van der Waals surface area contributed by atoms with E-state index in [9.17, 15) is 0 Å². The van der Waals surface area contributed by atoms with Crippen LogP contribution in [0.4, 0.5) is 0 Å². The summed E-state index contributed by atoms with van der Waals surface area (Å²) >= 11 is 0. The Bertz CT molecular complexity index is 681. The number of hydrogen-bond acceptors (Lipinski definition) is 2. The van der Waals surface area contributed by atoms with Crippen LogP contribution in [-0.2, 0) is 22.3 Å². The Morgan fingerprint density at radius 3 is 2.24 bits per heavy atom. The second-order valence-electron chi connectivity index (χ2n) is 6.93. The monoisotopic (exact) mass is 334 g/mol. The second-order valence-corrected chi connectivity index (χ2v) is 6.93. The van der Waals surface area contributed by atoms with Crippen LogP contribution in [0.25, 0.3) is 0 Å². The molecule has 1 aliphatic heterocycles. The van der Waals surface area contributed by atoms with E-state index in [-0.39, 0.29) is 6.29 Å². The van der Waals surface area contributed by atoms with Gasteiger partial charge in [-0.2, -0.15) is 0 Å². The summed E-state index contributed by atoms with van der Waals surface area (Å²) in [5.41, 5.74) is 5.78. The van der Waals surface area contributed by atoms with E-state index >= 15 is 0 Å². The number of benzene rings is 2. The minimum absolute atomic E-state index is 0.0212. The predicted octanol–water partition coefficient (Wildman–Crippen LogP) is 5.02. The van der Waals surface area contributed by atoms with Crippen LogP contribution in [0.2, 0.25) is 0 Å². The molecule has 0 aromatic heterocycles. The Labute approximate surface area is 150 Å². The van der Waals surface area contributed by atoms with Crippen LogP contribution >= 0.6 is 0 Å². The Hall–Kier alpha value is -1.90. The normalized spacial score (nSPS) is 20.9. The van der Waals surface area contributed by atoms with Gasteiger partial charge < -0.3 is 9.47 Å². The molecule has 0 bridgehead atoms. The molecule has 0 saturated carbocycles. The fourth-order valence-electron chi connectivity index (χ4n) is 3.97. The summed E-state index contributed by atoms with van der Waals surface area (Å²) in [6, 6.07) is 17.7. The van der Waals surface area contributed by atoms with E-state index in [1.54, 1.807) is 0 Å². The highest BCUT2D eigenvalue weighted by atomic mass is 16.7. The quantitative estimate of drug-likeness (QED) is 0.731. The van der Waals surface area contributed by atoms with Gasteiger partial charge >= 0.3 is 0 Å². The van der Waals surface area contributed by atoms with Crippen molar-refractivity contribution in [1.29, 1.82) is 0 Å². The Morgan fingerprint density at radius 2 is 1.60 bits per heavy atom. The smallest absolute Gasteiger partial charge is 0.157 e. The Kier molecular flexibility index (Phi) is 5.29. The fraction of sp³-hybridized carbons (Fsp3) is 0.391. The van der Waals surface area contributed by atoms with E-state index in [0.717, 1.165) is 32.3 Å². The van der Waals surface area contributed by atoms with Gasteiger partial charge in [0.25, 0.3) is 0 Å². The number of fused-ring (bicyclic) bond motifs is 2. The largest absolute Gasteiger partial charge is 0.353 e. The maximum absolute atomic E-state index is 5.87. The highest BCUT2D eigenvalue weighted by Gasteiger charge is 2.21. The predicted molar refractivity (Wildman–Crippen MR) is 101 cm³/mol. The first-order valence-corrected chi connectivity index (χ1v) is 9.47. The van der Waals surface area contributed by atoms with Gasteiger partial charge in [0.2, 0.25) is 0 Å². The van der Waals surface area contributed by atoms with E-state index < -0.39 is 0 Å². The summed E-state index contributed by atoms with van der Waals surface area (Å²) in [5.74, 6) is 0.311. The maximum atomic E-state index is 5.87. The zero-order valence-corrected chi connectivity index (χ0v) is 14.7. The molecule has 1 unspecified atom stereocenters. The number of allylic oxidation sites excluding steroid dienone is 1. The average molecular weight is 334 g/mol. The average Bonchev–Trinajstić information content (AvgIpc) is 2.83. The molecule has 1 aliphatic carbocycles. The molecular formula is C23H26O2. The van der Waals surface area contributed by atoms with Gasteiger partial charge in [0.05, 0.1) is 6.61 Å². The van der Waals surface area contributed by atoms with Crippen molar-refractivity contribution >= 4 is 0 Å². The standard InChI is InChI=1S/C23H26O2/c1-3-10-20-18(8-1)14-15-19-9-2-4-11-21(19)22(20)12-7-17-25-23-13-5-6-16-24-23/h1-4,7-12,22-23H,5-6,13-17H2/b12-7+. The first kappa shape index (κ1) is 16.6. The van der Waals surface area contributed by atoms with Crippen LogP contribution in [0.15, 0.2) is 60.7 Å². The van der Waals surface area contributed by atoms with Gasteiger partial charge in [0.15, 0.2) is 6.29 Å². The molecule has 0 spiro atoms. The van der Waals surface area contributed by atoms with Gasteiger partial charge in [-0.3, -0.25) is 0 Å². The van der Waals surface area contributed by atoms with E-state index in [4.69, 9.17) is 9.47 Å². The third-order valence-electron chi connectivity index (χ3n) is 5.29. The van der Waals surface area contributed by atoms with Crippen molar-refractivity contribution in [1.82, 2.24) is 0 Å². The maximum Gasteiger partial charge on any atom is 0.157 e. The molecule has 1 saturated heterocycles. The molecule has 2 heteroatoms. The minimum atomic E-state index is -0.0212. The van der Waals surface area contributed by atoms with Crippen molar-refractivity contribution in [3.8, 4) is 0 Å². The van der Waals surface area contributed by atoms with E-state index in [2.05, 4.69) is 60.7 Å². The number of aryl methyl sites for hydroxylation is 2. The van der Waals surface area contributed by atoms with E-state index in [1.807, 2.05) is 0 Å². The molecule has 4 rings (SSSR count). The molecule has 2 aliphatic rings. The lowest BCUT2D eigenvalue weighted by molar-refractivity contribution is -0.155. The third-order valence-corrected chi connectivity index (χ3v) is 5.29. The van der Waals surface area contributed by atoms with Crippen LogP contribution in [0.5, 0.6) is 0 Å². The zero-order chi connectivity index (χ0) is 16.9. The van der Waals surface area contributed by atoms with Crippen molar-refractivity contribution in [3.05, 3.63) is 82.9 Å². The van der Waals surface area contributed by atoms with E-state index in [1.165, 1.54) is 28.7 Å².